The lowest BCUT2D eigenvalue weighted by molar-refractivity contribution is -0.148. The van der Waals surface area contributed by atoms with Crippen molar-refractivity contribution < 1.29 is 31.2 Å². The van der Waals surface area contributed by atoms with Gasteiger partial charge in [0.1, 0.15) is 40.7 Å². The standard InChI is InChI=1S/C28H32O3P.BrH/c1-5-30-23(21-27(29)31-28(2,3)4)22-32(24-15-9-6-10-16-24,25-17-11-7-12-18-25)26-19-13-8-14-20-26;/h6-21H,5,22H2,1-4H3;1H/q+1;/p-1/b23-21+;. The Bertz CT molecular complexity index is 932. The minimum Gasteiger partial charge on any atom is -1.00 e. The highest BCUT2D eigenvalue weighted by molar-refractivity contribution is 7.95. The molecular formula is C28H32BrO3P. The molecule has 0 fully saturated rings. The molecule has 0 unspecified atom stereocenters. The first-order chi connectivity index (χ1) is 15.3. The molecule has 0 aliphatic rings. The molecule has 0 radical (unpaired) electrons. The predicted octanol–water partition coefficient (Wildman–Crippen LogP) is 2.25. The van der Waals surface area contributed by atoms with E-state index in [-0.39, 0.29) is 23.0 Å². The zero-order valence-corrected chi connectivity index (χ0v) is 22.2. The van der Waals surface area contributed by atoms with E-state index in [0.29, 0.717) is 18.5 Å². The molecule has 0 saturated carbocycles. The second-order valence-corrected chi connectivity index (χ2v) is 12.0. The minimum atomic E-state index is -2.15. The van der Waals surface area contributed by atoms with Gasteiger partial charge < -0.3 is 26.5 Å². The zero-order chi connectivity index (χ0) is 23.0. The zero-order valence-electron chi connectivity index (χ0n) is 19.7. The fourth-order valence-electron chi connectivity index (χ4n) is 3.78. The SMILES string of the molecule is CCO/C(=C/C(=O)OC(C)(C)C)C[P+](c1ccccc1)(c1ccccc1)c1ccccc1.[Br-]. The number of ether oxygens (including phenoxy) is 2. The largest absolute Gasteiger partial charge is 1.00 e. The average molecular weight is 527 g/mol. The number of carbonyl (C=O) groups is 1. The Morgan fingerprint density at radius 3 is 1.52 bits per heavy atom. The molecule has 3 aromatic rings. The Labute approximate surface area is 208 Å². The molecule has 0 N–H and O–H groups in total. The summed E-state index contributed by atoms with van der Waals surface area (Å²) in [5.41, 5.74) is -0.560. The van der Waals surface area contributed by atoms with Crippen molar-refractivity contribution in [3.8, 4) is 0 Å². The summed E-state index contributed by atoms with van der Waals surface area (Å²) in [6.07, 6.45) is 2.12. The van der Waals surface area contributed by atoms with Crippen LogP contribution in [-0.2, 0) is 14.3 Å². The van der Waals surface area contributed by atoms with Crippen molar-refractivity contribution in [2.45, 2.75) is 33.3 Å². The van der Waals surface area contributed by atoms with Crippen molar-refractivity contribution in [1.82, 2.24) is 0 Å². The second kappa shape index (κ2) is 12.2. The van der Waals surface area contributed by atoms with Crippen LogP contribution in [-0.4, -0.2) is 24.3 Å². The molecule has 0 atom stereocenters. The fourth-order valence-corrected chi connectivity index (χ4v) is 7.92. The number of rotatable bonds is 8. The number of benzene rings is 3. The molecular weight excluding hydrogens is 495 g/mol. The summed E-state index contributed by atoms with van der Waals surface area (Å²) in [6.45, 7) is 8.03. The molecule has 3 rings (SSSR count). The highest BCUT2D eigenvalue weighted by Crippen LogP contribution is 2.56. The average Bonchev–Trinajstić information content (AvgIpc) is 2.78. The number of allylic oxidation sites excluding steroid dienone is 1. The van der Waals surface area contributed by atoms with Crippen molar-refractivity contribution >= 4 is 29.1 Å². The van der Waals surface area contributed by atoms with E-state index in [1.165, 1.54) is 22.0 Å². The molecule has 0 amide bonds. The van der Waals surface area contributed by atoms with Crippen LogP contribution < -0.4 is 32.9 Å². The molecule has 0 heterocycles. The van der Waals surface area contributed by atoms with E-state index in [2.05, 4.69) is 72.8 Å². The van der Waals surface area contributed by atoms with Crippen molar-refractivity contribution in [3.63, 3.8) is 0 Å². The highest BCUT2D eigenvalue weighted by Gasteiger charge is 2.46. The van der Waals surface area contributed by atoms with E-state index in [0.717, 1.165) is 0 Å². The van der Waals surface area contributed by atoms with Crippen molar-refractivity contribution in [1.29, 1.82) is 0 Å². The van der Waals surface area contributed by atoms with Gasteiger partial charge in [0.15, 0.2) is 0 Å². The molecule has 0 saturated heterocycles. The molecule has 0 spiro atoms. The quantitative estimate of drug-likeness (QED) is 0.195. The molecule has 33 heavy (non-hydrogen) atoms. The summed E-state index contributed by atoms with van der Waals surface area (Å²) in [4.78, 5) is 12.7. The molecule has 3 aromatic carbocycles. The lowest BCUT2D eigenvalue weighted by atomic mass is 10.2. The number of halogens is 1. The number of carbonyl (C=O) groups excluding carboxylic acids is 1. The van der Waals surface area contributed by atoms with Crippen LogP contribution in [0.1, 0.15) is 27.7 Å². The van der Waals surface area contributed by atoms with Gasteiger partial charge in [0, 0.05) is 0 Å². The van der Waals surface area contributed by atoms with Crippen molar-refractivity contribution in [2.75, 3.05) is 12.8 Å². The normalized spacial score (nSPS) is 11.9. The van der Waals surface area contributed by atoms with Crippen LogP contribution in [0.3, 0.4) is 0 Å². The lowest BCUT2D eigenvalue weighted by Crippen LogP contribution is -3.00. The van der Waals surface area contributed by atoms with Gasteiger partial charge in [-0.25, -0.2) is 4.79 Å². The summed E-state index contributed by atoms with van der Waals surface area (Å²) in [6, 6.07) is 31.7. The Morgan fingerprint density at radius 2 is 1.18 bits per heavy atom. The minimum absolute atomic E-state index is 0. The van der Waals surface area contributed by atoms with Gasteiger partial charge in [0.25, 0.3) is 0 Å². The maximum atomic E-state index is 12.7. The smallest absolute Gasteiger partial charge is 0.334 e. The molecule has 0 bridgehead atoms. The molecule has 0 aliphatic carbocycles. The topological polar surface area (TPSA) is 35.5 Å². The van der Waals surface area contributed by atoms with Gasteiger partial charge in [-0.1, -0.05) is 54.6 Å². The molecule has 3 nitrogen and oxygen atoms in total. The van der Waals surface area contributed by atoms with Gasteiger partial charge >= 0.3 is 5.97 Å². The van der Waals surface area contributed by atoms with Crippen LogP contribution >= 0.6 is 7.26 Å². The van der Waals surface area contributed by atoms with E-state index in [1.807, 2.05) is 45.9 Å². The second-order valence-electron chi connectivity index (χ2n) is 8.55. The number of esters is 1. The third-order valence-electron chi connectivity index (χ3n) is 5.00. The first-order valence-corrected chi connectivity index (χ1v) is 12.9. The van der Waals surface area contributed by atoms with E-state index < -0.39 is 12.9 Å². The van der Waals surface area contributed by atoms with E-state index >= 15 is 0 Å². The van der Waals surface area contributed by atoms with Crippen molar-refractivity contribution in [3.05, 3.63) is 103 Å². The Hall–Kier alpha value is -2.42. The third-order valence-corrected chi connectivity index (χ3v) is 9.32. The van der Waals surface area contributed by atoms with Crippen molar-refractivity contribution in [2.24, 2.45) is 0 Å². The summed E-state index contributed by atoms with van der Waals surface area (Å²) in [5, 5.41) is 3.73. The molecule has 0 aliphatic heterocycles. The predicted molar refractivity (Wildman–Crippen MR) is 136 cm³/mol. The van der Waals surface area contributed by atoms with Gasteiger partial charge in [-0.05, 0) is 64.1 Å². The van der Waals surface area contributed by atoms with Crippen LogP contribution in [0, 0.1) is 0 Å². The monoisotopic (exact) mass is 526 g/mol. The van der Waals surface area contributed by atoms with E-state index in [4.69, 9.17) is 9.47 Å². The Balaban J connectivity index is 0.00000385. The highest BCUT2D eigenvalue weighted by atomic mass is 79.9. The molecule has 5 heteroatoms. The maximum absolute atomic E-state index is 12.7. The van der Waals surface area contributed by atoms with Gasteiger partial charge in [-0.15, -0.1) is 0 Å². The molecule has 174 valence electrons. The third kappa shape index (κ3) is 7.03. The summed E-state index contributed by atoms with van der Waals surface area (Å²) < 4.78 is 11.6. The van der Waals surface area contributed by atoms with Gasteiger partial charge in [0.05, 0.1) is 12.7 Å². The summed E-state index contributed by atoms with van der Waals surface area (Å²) in [7, 11) is -2.15. The maximum Gasteiger partial charge on any atom is 0.334 e. The van der Waals surface area contributed by atoms with Crippen LogP contribution in [0.4, 0.5) is 0 Å². The van der Waals surface area contributed by atoms with Gasteiger partial charge in [0.2, 0.25) is 0 Å². The summed E-state index contributed by atoms with van der Waals surface area (Å²) in [5.74, 6) is 0.264. The van der Waals surface area contributed by atoms with Crippen LogP contribution in [0.5, 0.6) is 0 Å². The van der Waals surface area contributed by atoms with Crippen LogP contribution in [0.15, 0.2) is 103 Å². The van der Waals surface area contributed by atoms with E-state index in [9.17, 15) is 4.79 Å². The Morgan fingerprint density at radius 1 is 0.788 bits per heavy atom. The van der Waals surface area contributed by atoms with Gasteiger partial charge in [-0.3, -0.25) is 0 Å². The number of hydrogen-bond donors (Lipinski definition) is 0. The fraction of sp³-hybridized carbons (Fsp3) is 0.250. The first-order valence-electron chi connectivity index (χ1n) is 11.0. The summed E-state index contributed by atoms with van der Waals surface area (Å²) >= 11 is 0. The van der Waals surface area contributed by atoms with E-state index in [1.54, 1.807) is 0 Å². The van der Waals surface area contributed by atoms with Gasteiger partial charge in [-0.2, -0.15) is 0 Å². The molecule has 0 aromatic heterocycles. The number of hydrogen-bond acceptors (Lipinski definition) is 3. The Kier molecular flexibility index (Phi) is 9.88. The van der Waals surface area contributed by atoms with Crippen LogP contribution in [0.2, 0.25) is 0 Å². The first kappa shape index (κ1) is 26.8. The van der Waals surface area contributed by atoms with Crippen LogP contribution in [0.25, 0.3) is 0 Å². The lowest BCUT2D eigenvalue weighted by Gasteiger charge is -2.28.